The predicted molar refractivity (Wildman–Crippen MR) is 129 cm³/mol. The van der Waals surface area contributed by atoms with Gasteiger partial charge in [-0.1, -0.05) is 12.1 Å². The molecule has 1 saturated heterocycles. The average molecular weight is 461 g/mol. The normalized spacial score (nSPS) is 18.8. The molecule has 5 heterocycles. The van der Waals surface area contributed by atoms with Crippen LogP contribution in [-0.2, 0) is 22.1 Å². The molecule has 3 aromatic heterocycles. The summed E-state index contributed by atoms with van der Waals surface area (Å²) in [5.41, 5.74) is 3.94. The lowest BCUT2D eigenvalue weighted by atomic mass is 10.1. The van der Waals surface area contributed by atoms with Crippen LogP contribution < -0.4 is 9.80 Å². The van der Waals surface area contributed by atoms with Crippen molar-refractivity contribution in [3.8, 4) is 11.4 Å². The van der Waals surface area contributed by atoms with Crippen molar-refractivity contribution in [3.05, 3.63) is 60.6 Å². The van der Waals surface area contributed by atoms with E-state index in [9.17, 15) is 4.21 Å². The van der Waals surface area contributed by atoms with Crippen molar-refractivity contribution >= 4 is 33.3 Å². The van der Waals surface area contributed by atoms with E-state index in [1.807, 2.05) is 48.9 Å². The van der Waals surface area contributed by atoms with Crippen LogP contribution in [0.1, 0.15) is 5.56 Å². The second-order valence-electron chi connectivity index (χ2n) is 8.44. The van der Waals surface area contributed by atoms with Crippen LogP contribution in [0.25, 0.3) is 22.4 Å². The van der Waals surface area contributed by atoms with Gasteiger partial charge in [0.15, 0.2) is 11.6 Å². The monoisotopic (exact) mass is 460 g/mol. The Bertz CT molecular complexity index is 1340. The first kappa shape index (κ1) is 20.3. The molecule has 33 heavy (non-hydrogen) atoms. The summed E-state index contributed by atoms with van der Waals surface area (Å²) in [7, 11) is -0.977. The highest BCUT2D eigenvalue weighted by Gasteiger charge is 2.34. The first-order valence-electron chi connectivity index (χ1n) is 11.0. The Morgan fingerprint density at radius 1 is 1.18 bits per heavy atom. The molecule has 0 aliphatic carbocycles. The van der Waals surface area contributed by atoms with E-state index in [1.54, 1.807) is 6.26 Å². The van der Waals surface area contributed by atoms with Crippen LogP contribution in [0.15, 0.2) is 59.9 Å². The van der Waals surface area contributed by atoms with Gasteiger partial charge in [-0.3, -0.25) is 4.21 Å². The maximum Gasteiger partial charge on any atom is 0.163 e. The van der Waals surface area contributed by atoms with Crippen molar-refractivity contribution in [2.24, 2.45) is 0 Å². The average Bonchev–Trinajstić information content (AvgIpc) is 3.32. The van der Waals surface area contributed by atoms with Crippen molar-refractivity contribution in [2.45, 2.75) is 17.5 Å². The zero-order valence-corrected chi connectivity index (χ0v) is 19.1. The van der Waals surface area contributed by atoms with Gasteiger partial charge in [-0.25, -0.2) is 15.0 Å². The Hall–Kier alpha value is -3.30. The summed E-state index contributed by atoms with van der Waals surface area (Å²) in [5, 5.41) is 1.04. The van der Waals surface area contributed by atoms with Gasteiger partial charge < -0.3 is 19.5 Å². The van der Waals surface area contributed by atoms with Crippen LogP contribution in [-0.4, -0.2) is 62.7 Å². The number of pyridine rings is 1. The number of anilines is 2. The third kappa shape index (κ3) is 3.77. The van der Waals surface area contributed by atoms with Gasteiger partial charge in [-0.15, -0.1) is 0 Å². The van der Waals surface area contributed by atoms with Crippen molar-refractivity contribution in [3.63, 3.8) is 0 Å². The number of hydrogen-bond acceptors (Lipinski definition) is 7. The number of nitrogens with one attached hydrogen (secondary N) is 1. The number of ether oxygens (including phenoxy) is 1. The zero-order chi connectivity index (χ0) is 22.4. The SMILES string of the molecule is CS(=O)c1ccc(CN2CC3COCCN3c3nc(-c4cnc5[nH]ccc5c4)ncc32)cc1. The van der Waals surface area contributed by atoms with E-state index in [-0.39, 0.29) is 6.04 Å². The minimum absolute atomic E-state index is 0.238. The zero-order valence-electron chi connectivity index (χ0n) is 18.3. The van der Waals surface area contributed by atoms with Crippen LogP contribution >= 0.6 is 0 Å². The van der Waals surface area contributed by atoms with Crippen LogP contribution in [0, 0.1) is 0 Å². The minimum Gasteiger partial charge on any atom is -0.377 e. The van der Waals surface area contributed by atoms with Gasteiger partial charge in [0, 0.05) is 64.9 Å². The molecule has 2 atom stereocenters. The quantitative estimate of drug-likeness (QED) is 0.501. The maximum absolute atomic E-state index is 11.7. The molecule has 0 bridgehead atoms. The summed E-state index contributed by atoms with van der Waals surface area (Å²) in [5.74, 6) is 1.62. The molecule has 0 saturated carbocycles. The lowest BCUT2D eigenvalue weighted by molar-refractivity contribution is 0.0936. The summed E-state index contributed by atoms with van der Waals surface area (Å²) in [6.45, 7) is 3.76. The second kappa shape index (κ2) is 8.24. The first-order chi connectivity index (χ1) is 16.2. The van der Waals surface area contributed by atoms with Gasteiger partial charge in [0.05, 0.1) is 31.1 Å². The Balaban J connectivity index is 1.37. The number of benzene rings is 1. The molecule has 9 heteroatoms. The van der Waals surface area contributed by atoms with E-state index in [4.69, 9.17) is 14.7 Å². The summed E-state index contributed by atoms with van der Waals surface area (Å²) in [6.07, 6.45) is 7.33. The molecule has 2 aliphatic rings. The molecule has 0 spiro atoms. The number of rotatable bonds is 4. The van der Waals surface area contributed by atoms with Crippen LogP contribution in [0.4, 0.5) is 11.5 Å². The highest BCUT2D eigenvalue weighted by atomic mass is 32.2. The second-order valence-corrected chi connectivity index (χ2v) is 9.82. The van der Waals surface area contributed by atoms with Crippen LogP contribution in [0.5, 0.6) is 0 Å². The fraction of sp³-hybridized carbons (Fsp3) is 0.292. The number of hydrogen-bond donors (Lipinski definition) is 1. The molecule has 2 unspecified atom stereocenters. The van der Waals surface area contributed by atoms with Gasteiger partial charge >= 0.3 is 0 Å². The predicted octanol–water partition coefficient (Wildman–Crippen LogP) is 2.98. The highest BCUT2D eigenvalue weighted by Crippen LogP contribution is 2.37. The smallest absolute Gasteiger partial charge is 0.163 e. The van der Waals surface area contributed by atoms with Gasteiger partial charge in [0.2, 0.25) is 0 Å². The van der Waals surface area contributed by atoms with Crippen molar-refractivity contribution in [1.82, 2.24) is 19.9 Å². The summed E-state index contributed by atoms with van der Waals surface area (Å²) >= 11 is 0. The van der Waals surface area contributed by atoms with Gasteiger partial charge in [-0.2, -0.15) is 0 Å². The number of nitrogens with zero attached hydrogens (tertiary/aromatic N) is 5. The fourth-order valence-corrected chi connectivity index (χ4v) is 5.12. The molecular weight excluding hydrogens is 436 g/mol. The molecule has 4 aromatic rings. The van der Waals surface area contributed by atoms with Crippen LogP contribution in [0.2, 0.25) is 0 Å². The van der Waals surface area contributed by atoms with E-state index in [0.717, 1.165) is 58.2 Å². The van der Waals surface area contributed by atoms with Crippen molar-refractivity contribution < 1.29 is 8.95 Å². The van der Waals surface area contributed by atoms with E-state index in [2.05, 4.69) is 25.8 Å². The van der Waals surface area contributed by atoms with Gasteiger partial charge in [0.1, 0.15) is 5.65 Å². The molecule has 2 aliphatic heterocycles. The largest absolute Gasteiger partial charge is 0.377 e. The molecular formula is C24H24N6O2S. The Labute approximate surface area is 194 Å². The number of H-pyrrole nitrogens is 1. The topological polar surface area (TPSA) is 87.2 Å². The molecule has 1 fully saturated rings. The van der Waals surface area contributed by atoms with Crippen molar-refractivity contribution in [1.29, 1.82) is 0 Å². The maximum atomic E-state index is 11.7. The summed E-state index contributed by atoms with van der Waals surface area (Å²) < 4.78 is 17.5. The molecule has 6 rings (SSSR count). The standard InChI is InChI=1S/C24H24N6O2S/c1-33(31)20-4-2-16(3-5-20)13-29-14-19-15-32-9-8-30(19)24-21(29)12-27-23(28-24)18-10-17-6-7-25-22(17)26-11-18/h2-7,10-12,19H,8-9,13-15H2,1H3,(H,25,26). The summed E-state index contributed by atoms with van der Waals surface area (Å²) in [4.78, 5) is 22.9. The molecule has 0 amide bonds. The molecule has 1 aromatic carbocycles. The Morgan fingerprint density at radius 2 is 2.06 bits per heavy atom. The molecule has 1 N–H and O–H groups in total. The van der Waals surface area contributed by atoms with Crippen LogP contribution in [0.3, 0.4) is 0 Å². The number of aromatic amines is 1. The van der Waals surface area contributed by atoms with Gasteiger partial charge in [0.25, 0.3) is 0 Å². The Kier molecular flexibility index (Phi) is 5.07. The van der Waals surface area contributed by atoms with E-state index in [0.29, 0.717) is 19.0 Å². The number of fused-ring (bicyclic) bond motifs is 4. The number of morpholine rings is 1. The first-order valence-corrected chi connectivity index (χ1v) is 12.5. The highest BCUT2D eigenvalue weighted by molar-refractivity contribution is 7.84. The molecule has 8 nitrogen and oxygen atoms in total. The number of aromatic nitrogens is 4. The Morgan fingerprint density at radius 3 is 2.91 bits per heavy atom. The third-order valence-corrected chi connectivity index (χ3v) is 7.24. The lowest BCUT2D eigenvalue weighted by Gasteiger charge is -2.45. The third-order valence-electron chi connectivity index (χ3n) is 6.31. The van der Waals surface area contributed by atoms with E-state index >= 15 is 0 Å². The van der Waals surface area contributed by atoms with Gasteiger partial charge in [-0.05, 0) is 29.8 Å². The minimum atomic E-state index is -0.977. The fourth-order valence-electron chi connectivity index (χ4n) is 4.60. The van der Waals surface area contributed by atoms with Crippen molar-refractivity contribution in [2.75, 3.05) is 42.4 Å². The lowest BCUT2D eigenvalue weighted by Crippen LogP contribution is -2.55. The van der Waals surface area contributed by atoms with E-state index in [1.165, 1.54) is 0 Å². The summed E-state index contributed by atoms with van der Waals surface area (Å²) in [6, 6.07) is 12.3. The molecule has 168 valence electrons. The van der Waals surface area contributed by atoms with E-state index < -0.39 is 10.8 Å². The molecule has 0 radical (unpaired) electrons.